The van der Waals surface area contributed by atoms with Gasteiger partial charge in [-0.3, -0.25) is 72.1 Å². The molecule has 5 aromatic rings. The fourth-order valence-corrected chi connectivity index (χ4v) is 13.0. The monoisotopic (exact) mass is 1400 g/mol. The van der Waals surface area contributed by atoms with E-state index in [1.807, 2.05) is 72.3 Å². The number of carbonyl (C=O) groups is 5. The van der Waals surface area contributed by atoms with Crippen molar-refractivity contribution in [2.75, 3.05) is 131 Å². The molecule has 0 unspecified atom stereocenters. The van der Waals surface area contributed by atoms with E-state index in [0.29, 0.717) is 116 Å². The molecule has 2 aliphatic heterocycles. The minimum absolute atomic E-state index is 0.00893. The van der Waals surface area contributed by atoms with E-state index in [4.69, 9.17) is 14.2 Å². The second kappa shape index (κ2) is 34.4. The van der Waals surface area contributed by atoms with Gasteiger partial charge in [-0.15, -0.1) is 5.10 Å². The number of carbonyl (C=O) groups excluding carboxylic acids is 2. The first-order valence-electron chi connectivity index (χ1n) is 29.8. The van der Waals surface area contributed by atoms with E-state index in [1.54, 1.807) is 50.7 Å². The van der Waals surface area contributed by atoms with Crippen molar-refractivity contribution in [1.82, 2.24) is 59.6 Å². The fourth-order valence-electron chi connectivity index (χ4n) is 10.7. The van der Waals surface area contributed by atoms with E-state index in [9.17, 15) is 70.5 Å². The van der Waals surface area contributed by atoms with Crippen LogP contribution in [-0.2, 0) is 77.1 Å². The van der Waals surface area contributed by atoms with Crippen LogP contribution in [0.5, 0.6) is 17.2 Å². The number of ether oxygens (including phenoxy) is 3. The zero-order valence-corrected chi connectivity index (χ0v) is 55.1. The first-order chi connectivity index (χ1) is 44.2. The largest absolute Gasteiger partial charge is 0.488 e. The number of pyridine rings is 1. The topological polar surface area (TPSA) is 385 Å². The Hall–Kier alpha value is -7.75. The van der Waals surface area contributed by atoms with Gasteiger partial charge in [-0.05, 0) is 95.3 Å². The molecule has 2 aromatic heterocycles. The van der Waals surface area contributed by atoms with Gasteiger partial charge < -0.3 is 39.7 Å². The average Bonchev–Trinajstić information content (AvgIpc) is 0.953. The van der Waals surface area contributed by atoms with Gasteiger partial charge in [0.05, 0.1) is 61.2 Å². The first kappa shape index (κ1) is 72.7. The number of carboxylic acids is 3. The number of hydrogen-bond donors (Lipinski definition) is 6. The number of aromatic nitrogens is 4. The van der Waals surface area contributed by atoms with E-state index in [2.05, 4.69) is 41.4 Å². The predicted molar refractivity (Wildman–Crippen MR) is 340 cm³/mol. The average molecular weight is 1400 g/mol. The van der Waals surface area contributed by atoms with Crippen molar-refractivity contribution in [2.45, 2.75) is 57.8 Å². The lowest BCUT2D eigenvalue weighted by Gasteiger charge is -2.37. The van der Waals surface area contributed by atoms with E-state index < -0.39 is 55.2 Å². The number of piperazine rings is 1. The zero-order chi connectivity index (χ0) is 67.4. The lowest BCUT2D eigenvalue weighted by Crippen LogP contribution is -2.53. The van der Waals surface area contributed by atoms with Gasteiger partial charge in [0.1, 0.15) is 48.8 Å². The molecule has 30 nitrogen and oxygen atoms in total. The highest BCUT2D eigenvalue weighted by molar-refractivity contribution is 9.10. The summed E-state index contributed by atoms with van der Waals surface area (Å²) < 4.78 is 83.5. The summed E-state index contributed by atoms with van der Waals surface area (Å²) in [7, 11) is -8.96. The Kier molecular flexibility index (Phi) is 26.9. The molecule has 0 spiro atoms. The molecule has 3 aromatic carbocycles. The van der Waals surface area contributed by atoms with Crippen LogP contribution in [0.2, 0.25) is 0 Å². The Morgan fingerprint density at radius 3 is 1.75 bits per heavy atom. The molecule has 0 saturated carbocycles. The summed E-state index contributed by atoms with van der Waals surface area (Å²) >= 11 is 3.62. The van der Waals surface area contributed by atoms with Crippen LogP contribution in [0, 0.1) is 25.2 Å². The summed E-state index contributed by atoms with van der Waals surface area (Å²) in [6, 6.07) is 20.5. The van der Waals surface area contributed by atoms with Gasteiger partial charge in [0.15, 0.2) is 0 Å². The van der Waals surface area contributed by atoms with Gasteiger partial charge in [-0.25, -0.2) is 0 Å². The second-order valence-corrected chi connectivity index (χ2v) is 27.0. The number of amides is 2. The van der Waals surface area contributed by atoms with E-state index in [1.165, 1.54) is 11.1 Å². The van der Waals surface area contributed by atoms with Crippen LogP contribution in [0.15, 0.2) is 77.5 Å². The minimum atomic E-state index is -5.27. The molecule has 2 saturated heterocycles. The number of benzene rings is 3. The molecule has 0 aliphatic carbocycles. The Morgan fingerprint density at radius 2 is 1.19 bits per heavy atom. The number of nitrogens with zero attached hydrogens (tertiary/aromatic N) is 12. The molecule has 4 heterocycles. The summed E-state index contributed by atoms with van der Waals surface area (Å²) in [4.78, 5) is 78.6. The first-order valence-corrected chi connectivity index (χ1v) is 33.6. The molecule has 504 valence electrons. The SMILES string of the molecule is Cc1c(COc2cc(OCc3ccc(C#N)cn3)c(CN(C)CC(=O)NCC(S(=O)(=O)O)S(=O)(=O)O)cc2Br)cccc1-c1cccc(OCc2cn(CCCN3CCN(C(=O)CN4CCN(CC(=O)O)CCN(CC(=O)O)CCN(CC(=O)O)CC4)CC3)nn2)c1C. The number of carboxylic acid groups (broad SMARTS) is 3. The number of halogens is 1. The molecule has 7 rings (SSSR count). The highest BCUT2D eigenvalue weighted by Gasteiger charge is 2.36. The van der Waals surface area contributed by atoms with Crippen molar-refractivity contribution in [3.05, 3.63) is 117 Å². The van der Waals surface area contributed by atoms with Crippen LogP contribution < -0.4 is 19.5 Å². The fraction of sp³-hybridized carbons (Fsp3) is 0.483. The molecule has 2 amide bonds. The summed E-state index contributed by atoms with van der Waals surface area (Å²) in [6.07, 6.45) is 4.06. The Labute approximate surface area is 547 Å². The summed E-state index contributed by atoms with van der Waals surface area (Å²) in [5, 5.41) is 48.7. The standard InChI is InChI=1S/C60H78BrN13O17S2/c1-42-45(39-89-54-28-53(91-40-47-12-11-44(29-62)30-63-47)46(27-51(54)61)32-67(3)34-55(75)64-31-60(92(83,84)85)93(86,87)88)7-4-8-49(42)50-9-5-10-52(43(50)2)90-41-48-33-74(66-65-48)14-6-13-68-23-25-73(26-24-68)56(76)35-69-15-17-70(36-57(77)78)19-21-72(38-59(81)82)22-20-71(18-16-69)37-58(79)80/h4-5,7-12,27-28,30,33,60H,6,13-26,31-32,34-41H2,1-3H3,(H,64,75)(H,77,78)(H,79,80)(H,81,82)(H,83,84,85)(H,86,87,88). The van der Waals surface area contributed by atoms with Gasteiger partial charge in [0.2, 0.25) is 16.4 Å². The van der Waals surface area contributed by atoms with Crippen molar-refractivity contribution < 1.29 is 79.4 Å². The van der Waals surface area contributed by atoms with Crippen LogP contribution in [0.4, 0.5) is 0 Å². The molecule has 93 heavy (non-hydrogen) atoms. The normalized spacial score (nSPS) is 15.5. The summed E-state index contributed by atoms with van der Waals surface area (Å²) in [5.41, 5.74) is 6.76. The third-order valence-corrected chi connectivity index (χ3v) is 19.5. The van der Waals surface area contributed by atoms with Gasteiger partial charge >= 0.3 is 17.9 Å². The van der Waals surface area contributed by atoms with Gasteiger partial charge in [0.25, 0.3) is 20.2 Å². The molecule has 33 heteroatoms. The van der Waals surface area contributed by atoms with Crippen LogP contribution in [0.25, 0.3) is 11.1 Å². The van der Waals surface area contributed by atoms with E-state index in [-0.39, 0.29) is 78.1 Å². The number of likely N-dealkylation sites (N-methyl/N-ethyl adjacent to an activating group) is 1. The minimum Gasteiger partial charge on any atom is -0.488 e. The number of rotatable bonds is 30. The number of nitrogens with one attached hydrogen (secondary N) is 1. The molecule has 2 aliphatic rings. The lowest BCUT2D eigenvalue weighted by molar-refractivity contribution is -0.141. The van der Waals surface area contributed by atoms with Crippen LogP contribution >= 0.6 is 15.9 Å². The maximum absolute atomic E-state index is 13.7. The molecule has 0 radical (unpaired) electrons. The highest BCUT2D eigenvalue weighted by atomic mass is 79.9. The van der Waals surface area contributed by atoms with Crippen molar-refractivity contribution >= 4 is 65.9 Å². The number of aryl methyl sites for hydroxylation is 1. The third kappa shape index (κ3) is 23.0. The smallest absolute Gasteiger partial charge is 0.317 e. The van der Waals surface area contributed by atoms with E-state index >= 15 is 0 Å². The third-order valence-electron chi connectivity index (χ3n) is 15.7. The van der Waals surface area contributed by atoms with Crippen molar-refractivity contribution in [1.29, 1.82) is 5.26 Å². The molecule has 2 fully saturated rings. The molecular formula is C60H78BrN13O17S2. The molecular weight excluding hydrogens is 1320 g/mol. The Balaban J connectivity index is 0.902. The highest BCUT2D eigenvalue weighted by Crippen LogP contribution is 2.37. The van der Waals surface area contributed by atoms with Crippen molar-refractivity contribution in [2.24, 2.45) is 0 Å². The van der Waals surface area contributed by atoms with Crippen molar-refractivity contribution in [3.63, 3.8) is 0 Å². The van der Waals surface area contributed by atoms with E-state index in [0.717, 1.165) is 40.8 Å². The molecule has 0 bridgehead atoms. The molecule has 0 atom stereocenters. The van der Waals surface area contributed by atoms with Crippen LogP contribution in [0.1, 0.15) is 45.6 Å². The molecule has 6 N–H and O–H groups in total. The predicted octanol–water partition coefficient (Wildman–Crippen LogP) is 1.99. The summed E-state index contributed by atoms with van der Waals surface area (Å²) in [6.45, 7) is 8.62. The quantitative estimate of drug-likeness (QED) is 0.0358. The Morgan fingerprint density at radius 1 is 0.656 bits per heavy atom. The Bertz CT molecular complexity index is 3620. The number of aliphatic carboxylic acids is 3. The van der Waals surface area contributed by atoms with Crippen LogP contribution in [-0.4, -0.2) is 261 Å². The maximum Gasteiger partial charge on any atom is 0.317 e. The number of nitriles is 1. The maximum atomic E-state index is 13.7. The second-order valence-electron chi connectivity index (χ2n) is 22.7. The van der Waals surface area contributed by atoms with Gasteiger partial charge in [0, 0.05) is 116 Å². The lowest BCUT2D eigenvalue weighted by atomic mass is 9.93. The van der Waals surface area contributed by atoms with Crippen LogP contribution in [0.3, 0.4) is 0 Å². The zero-order valence-electron chi connectivity index (χ0n) is 51.9. The van der Waals surface area contributed by atoms with Crippen molar-refractivity contribution in [3.8, 4) is 34.4 Å². The summed E-state index contributed by atoms with van der Waals surface area (Å²) in [5.74, 6) is -2.50. The van der Waals surface area contributed by atoms with Gasteiger partial charge in [-0.2, -0.15) is 22.1 Å². The van der Waals surface area contributed by atoms with Gasteiger partial charge in [-0.1, -0.05) is 35.5 Å². The number of hydrogen-bond acceptors (Lipinski definition) is 22.